The summed E-state index contributed by atoms with van der Waals surface area (Å²) in [4.78, 5) is 0. The molecule has 0 bridgehead atoms. The van der Waals surface area contributed by atoms with Crippen molar-refractivity contribution in [1.82, 2.24) is 5.32 Å². The minimum absolute atomic E-state index is 0.0910. The molecule has 2 nitrogen and oxygen atoms in total. The summed E-state index contributed by atoms with van der Waals surface area (Å²) in [5.41, 5.74) is 0. The maximum absolute atomic E-state index is 12.3. The molecule has 0 aromatic heterocycles. The number of halogens is 4. The summed E-state index contributed by atoms with van der Waals surface area (Å²) >= 11 is 0. The average molecular weight is 231 g/mol. The van der Waals surface area contributed by atoms with Crippen LogP contribution in [0.5, 0.6) is 0 Å². The van der Waals surface area contributed by atoms with Gasteiger partial charge in [-0.25, -0.2) is 8.78 Å². The average Bonchev–Trinajstić information content (AvgIpc) is 2.16. The lowest BCUT2D eigenvalue weighted by Gasteiger charge is -2.14. The van der Waals surface area contributed by atoms with Crippen LogP contribution in [0.2, 0.25) is 0 Å². The highest BCUT2D eigenvalue weighted by molar-refractivity contribution is 4.67. The summed E-state index contributed by atoms with van der Waals surface area (Å²) < 4.78 is 52.4. The van der Waals surface area contributed by atoms with Crippen LogP contribution in [-0.2, 0) is 4.74 Å². The fraction of sp³-hybridized carbons (Fsp3) is 1.00. The van der Waals surface area contributed by atoms with Crippen molar-refractivity contribution in [2.45, 2.75) is 32.1 Å². The molecule has 0 aliphatic carbocycles. The summed E-state index contributed by atoms with van der Waals surface area (Å²) in [5.74, 6) is -4.03. The van der Waals surface area contributed by atoms with Crippen molar-refractivity contribution >= 4 is 0 Å². The first-order valence-electron chi connectivity index (χ1n) is 4.95. The Morgan fingerprint density at radius 3 is 2.47 bits per heavy atom. The highest BCUT2D eigenvalue weighted by atomic mass is 19.3. The second-order valence-electron chi connectivity index (χ2n) is 3.17. The van der Waals surface area contributed by atoms with Crippen molar-refractivity contribution in [3.63, 3.8) is 0 Å². The molecule has 0 unspecified atom stereocenters. The van der Waals surface area contributed by atoms with Crippen molar-refractivity contribution in [2.24, 2.45) is 0 Å². The Morgan fingerprint density at radius 2 is 1.93 bits per heavy atom. The second-order valence-corrected chi connectivity index (χ2v) is 3.17. The lowest BCUT2D eigenvalue weighted by atomic mass is 10.3. The summed E-state index contributed by atoms with van der Waals surface area (Å²) in [6.45, 7) is 2.48. The van der Waals surface area contributed by atoms with Gasteiger partial charge < -0.3 is 10.1 Å². The number of hydrogen-bond acceptors (Lipinski definition) is 2. The predicted molar refractivity (Wildman–Crippen MR) is 49.5 cm³/mol. The van der Waals surface area contributed by atoms with Crippen LogP contribution in [0.1, 0.15) is 19.8 Å². The van der Waals surface area contributed by atoms with E-state index in [0.717, 1.165) is 19.5 Å². The molecule has 15 heavy (non-hydrogen) atoms. The van der Waals surface area contributed by atoms with Gasteiger partial charge in [-0.1, -0.05) is 6.92 Å². The van der Waals surface area contributed by atoms with Gasteiger partial charge in [-0.2, -0.15) is 8.78 Å². The first kappa shape index (κ1) is 14.6. The van der Waals surface area contributed by atoms with Gasteiger partial charge in [0.25, 0.3) is 0 Å². The second kappa shape index (κ2) is 7.87. The van der Waals surface area contributed by atoms with E-state index in [1.54, 1.807) is 0 Å². The van der Waals surface area contributed by atoms with Crippen LogP contribution in [0.15, 0.2) is 0 Å². The fourth-order valence-corrected chi connectivity index (χ4v) is 0.902. The minimum atomic E-state index is -4.03. The molecule has 0 fully saturated rings. The molecule has 0 radical (unpaired) electrons. The van der Waals surface area contributed by atoms with E-state index in [0.29, 0.717) is 6.42 Å². The Hall–Kier alpha value is -0.360. The molecule has 0 aromatic rings. The van der Waals surface area contributed by atoms with E-state index in [9.17, 15) is 17.6 Å². The maximum Gasteiger partial charge on any atom is 0.330 e. The van der Waals surface area contributed by atoms with Crippen molar-refractivity contribution < 1.29 is 22.3 Å². The van der Waals surface area contributed by atoms with Gasteiger partial charge in [0.2, 0.25) is 0 Å². The number of hydrogen-bond donors (Lipinski definition) is 1. The van der Waals surface area contributed by atoms with Crippen molar-refractivity contribution in [2.75, 3.05) is 26.3 Å². The molecule has 0 atom stereocenters. The topological polar surface area (TPSA) is 21.3 Å². The normalized spacial score (nSPS) is 12.4. The van der Waals surface area contributed by atoms with E-state index >= 15 is 0 Å². The number of nitrogens with one attached hydrogen (secondary N) is 1. The van der Waals surface area contributed by atoms with Gasteiger partial charge in [-0.3, -0.25) is 0 Å². The third-order valence-electron chi connectivity index (χ3n) is 1.76. The predicted octanol–water partition coefficient (Wildman–Crippen LogP) is 2.29. The van der Waals surface area contributed by atoms with Crippen LogP contribution in [0.4, 0.5) is 17.6 Å². The van der Waals surface area contributed by atoms with Crippen molar-refractivity contribution in [3.05, 3.63) is 0 Å². The summed E-state index contributed by atoms with van der Waals surface area (Å²) in [6.07, 6.45) is -2.28. The largest absolute Gasteiger partial charge is 0.375 e. The standard InChI is InChI=1S/C9H17F4NO/c1-2-14-5-3-4-6-15-7-9(12,13)8(10)11/h8,14H,2-7H2,1H3. The number of rotatable bonds is 9. The Labute approximate surface area is 87.0 Å². The highest BCUT2D eigenvalue weighted by Crippen LogP contribution is 2.22. The summed E-state index contributed by atoms with van der Waals surface area (Å²) in [5, 5.41) is 3.05. The molecule has 92 valence electrons. The zero-order valence-corrected chi connectivity index (χ0v) is 8.74. The molecule has 0 amide bonds. The number of alkyl halides is 4. The monoisotopic (exact) mass is 231 g/mol. The molecular weight excluding hydrogens is 214 g/mol. The zero-order chi connectivity index (χ0) is 11.7. The molecule has 0 aliphatic rings. The van der Waals surface area contributed by atoms with E-state index in [1.165, 1.54) is 0 Å². The van der Waals surface area contributed by atoms with Gasteiger partial charge in [0.05, 0.1) is 0 Å². The third kappa shape index (κ3) is 7.56. The Bertz CT molecular complexity index is 155. The Kier molecular flexibility index (Phi) is 7.68. The van der Waals surface area contributed by atoms with Crippen LogP contribution in [-0.4, -0.2) is 38.7 Å². The fourth-order valence-electron chi connectivity index (χ4n) is 0.902. The van der Waals surface area contributed by atoms with Gasteiger partial charge >= 0.3 is 12.3 Å². The molecule has 0 saturated carbocycles. The lowest BCUT2D eigenvalue weighted by molar-refractivity contribution is -0.165. The molecular formula is C9H17F4NO. The molecule has 6 heteroatoms. The zero-order valence-electron chi connectivity index (χ0n) is 8.74. The van der Waals surface area contributed by atoms with Crippen molar-refractivity contribution in [1.29, 1.82) is 0 Å². The highest BCUT2D eigenvalue weighted by Gasteiger charge is 2.40. The molecule has 0 aromatic carbocycles. The van der Waals surface area contributed by atoms with Crippen LogP contribution >= 0.6 is 0 Å². The van der Waals surface area contributed by atoms with Gasteiger partial charge in [-0.05, 0) is 25.9 Å². The molecule has 0 aliphatic heterocycles. The first-order valence-corrected chi connectivity index (χ1v) is 4.95. The molecule has 0 heterocycles. The van der Waals surface area contributed by atoms with Crippen LogP contribution in [0, 0.1) is 0 Å². The van der Waals surface area contributed by atoms with E-state index in [-0.39, 0.29) is 6.61 Å². The molecule has 0 rings (SSSR count). The number of ether oxygens (including phenoxy) is 1. The quantitative estimate of drug-likeness (QED) is 0.485. The lowest BCUT2D eigenvalue weighted by Crippen LogP contribution is -2.32. The van der Waals surface area contributed by atoms with Gasteiger partial charge in [0, 0.05) is 6.61 Å². The van der Waals surface area contributed by atoms with Crippen LogP contribution in [0.3, 0.4) is 0 Å². The summed E-state index contributed by atoms with van der Waals surface area (Å²) in [7, 11) is 0. The number of unbranched alkanes of at least 4 members (excludes halogenated alkanes) is 1. The van der Waals surface area contributed by atoms with Crippen molar-refractivity contribution in [3.8, 4) is 0 Å². The van der Waals surface area contributed by atoms with E-state index < -0.39 is 19.0 Å². The molecule has 1 N–H and O–H groups in total. The SMILES string of the molecule is CCNCCCCOCC(F)(F)C(F)F. The third-order valence-corrected chi connectivity index (χ3v) is 1.76. The first-order chi connectivity index (χ1) is 7.00. The van der Waals surface area contributed by atoms with Crippen LogP contribution < -0.4 is 5.32 Å². The van der Waals surface area contributed by atoms with Gasteiger partial charge in [0.1, 0.15) is 6.61 Å². The van der Waals surface area contributed by atoms with E-state index in [4.69, 9.17) is 0 Å². The van der Waals surface area contributed by atoms with E-state index in [2.05, 4.69) is 10.1 Å². The summed E-state index contributed by atoms with van der Waals surface area (Å²) in [6, 6.07) is 0. The van der Waals surface area contributed by atoms with Crippen LogP contribution in [0.25, 0.3) is 0 Å². The minimum Gasteiger partial charge on any atom is -0.375 e. The van der Waals surface area contributed by atoms with Gasteiger partial charge in [0.15, 0.2) is 0 Å². The Morgan fingerprint density at radius 1 is 1.27 bits per heavy atom. The maximum atomic E-state index is 12.3. The Balaban J connectivity index is 3.31. The molecule has 0 spiro atoms. The van der Waals surface area contributed by atoms with E-state index in [1.807, 2.05) is 6.92 Å². The van der Waals surface area contributed by atoms with Gasteiger partial charge in [-0.15, -0.1) is 0 Å². The molecule has 0 saturated heterocycles. The smallest absolute Gasteiger partial charge is 0.330 e.